The monoisotopic (exact) mass is 288 g/mol. The molecule has 0 aliphatic carbocycles. The predicted octanol–water partition coefficient (Wildman–Crippen LogP) is 3.44. The van der Waals surface area contributed by atoms with Crippen molar-refractivity contribution in [1.29, 1.82) is 0 Å². The third kappa shape index (κ3) is 3.85. The van der Waals surface area contributed by atoms with Crippen LogP contribution in [0.15, 0.2) is 18.2 Å². The summed E-state index contributed by atoms with van der Waals surface area (Å²) in [5.41, 5.74) is 9.38. The van der Waals surface area contributed by atoms with Crippen LogP contribution in [-0.4, -0.2) is 18.5 Å². The van der Waals surface area contributed by atoms with Crippen LogP contribution in [0.4, 0.5) is 5.69 Å². The number of hydrogen-bond donors (Lipinski definition) is 1. The summed E-state index contributed by atoms with van der Waals surface area (Å²) in [4.78, 5) is 14.4. The van der Waals surface area contributed by atoms with Gasteiger partial charge >= 0.3 is 0 Å². The molecule has 0 saturated heterocycles. The molecule has 2 N–H and O–H groups in total. The molecule has 1 amide bonds. The summed E-state index contributed by atoms with van der Waals surface area (Å²) >= 11 is 0. The lowest BCUT2D eigenvalue weighted by atomic mass is 10.0. The maximum Gasteiger partial charge on any atom is 0.227 e. The zero-order valence-corrected chi connectivity index (χ0v) is 13.4. The molecule has 1 aliphatic rings. The lowest BCUT2D eigenvalue weighted by molar-refractivity contribution is -0.119. The van der Waals surface area contributed by atoms with E-state index in [1.165, 1.54) is 11.1 Å². The van der Waals surface area contributed by atoms with Crippen LogP contribution in [-0.2, 0) is 17.6 Å². The Morgan fingerprint density at radius 1 is 1.33 bits per heavy atom. The second-order valence-electron chi connectivity index (χ2n) is 6.13. The Labute approximate surface area is 128 Å². The summed E-state index contributed by atoms with van der Waals surface area (Å²) in [5, 5.41) is 0. The van der Waals surface area contributed by atoms with Crippen LogP contribution in [0.2, 0.25) is 0 Å². The topological polar surface area (TPSA) is 46.3 Å². The first-order valence-electron chi connectivity index (χ1n) is 8.31. The van der Waals surface area contributed by atoms with Crippen molar-refractivity contribution in [2.45, 2.75) is 64.8 Å². The number of nitrogens with zero attached hydrogens (tertiary/aromatic N) is 1. The number of nitrogens with two attached hydrogens (primary N) is 1. The summed E-state index contributed by atoms with van der Waals surface area (Å²) in [7, 11) is 0. The van der Waals surface area contributed by atoms with Crippen molar-refractivity contribution in [1.82, 2.24) is 0 Å². The average molecular weight is 288 g/mol. The molecule has 0 radical (unpaired) electrons. The summed E-state index contributed by atoms with van der Waals surface area (Å²) in [6, 6.07) is 6.90. The van der Waals surface area contributed by atoms with E-state index in [0.29, 0.717) is 12.5 Å². The predicted molar refractivity (Wildman–Crippen MR) is 88.6 cm³/mol. The number of aryl methyl sites for hydroxylation is 1. The third-order valence-electron chi connectivity index (χ3n) is 4.29. The van der Waals surface area contributed by atoms with Crippen molar-refractivity contribution in [2.24, 2.45) is 5.73 Å². The van der Waals surface area contributed by atoms with Gasteiger partial charge in [0.15, 0.2) is 0 Å². The molecule has 0 spiro atoms. The first-order chi connectivity index (χ1) is 10.2. The van der Waals surface area contributed by atoms with Gasteiger partial charge in [0.2, 0.25) is 5.91 Å². The SMILES string of the molecule is CCCCC(=O)N1c2ccc(CCCCN)cc2CC1C. The van der Waals surface area contributed by atoms with E-state index in [0.717, 1.165) is 50.8 Å². The van der Waals surface area contributed by atoms with Crippen molar-refractivity contribution >= 4 is 11.6 Å². The second kappa shape index (κ2) is 7.60. The molecule has 1 aliphatic heterocycles. The maximum atomic E-state index is 12.4. The number of benzene rings is 1. The largest absolute Gasteiger partial charge is 0.330 e. The zero-order chi connectivity index (χ0) is 15.2. The summed E-state index contributed by atoms with van der Waals surface area (Å²) in [6.45, 7) is 5.04. The molecular weight excluding hydrogens is 260 g/mol. The highest BCUT2D eigenvalue weighted by Crippen LogP contribution is 2.33. The Kier molecular flexibility index (Phi) is 5.80. The van der Waals surface area contributed by atoms with Gasteiger partial charge in [0.1, 0.15) is 0 Å². The second-order valence-corrected chi connectivity index (χ2v) is 6.13. The molecule has 2 rings (SSSR count). The molecule has 3 heteroatoms. The van der Waals surface area contributed by atoms with E-state index >= 15 is 0 Å². The number of unbranched alkanes of at least 4 members (excludes halogenated alkanes) is 2. The van der Waals surface area contributed by atoms with Gasteiger partial charge in [-0.3, -0.25) is 4.79 Å². The molecule has 0 saturated carbocycles. The Morgan fingerprint density at radius 3 is 2.86 bits per heavy atom. The van der Waals surface area contributed by atoms with Crippen molar-refractivity contribution in [3.63, 3.8) is 0 Å². The lowest BCUT2D eigenvalue weighted by Crippen LogP contribution is -2.35. The number of rotatable bonds is 7. The van der Waals surface area contributed by atoms with Gasteiger partial charge < -0.3 is 10.6 Å². The minimum Gasteiger partial charge on any atom is -0.330 e. The molecule has 1 unspecified atom stereocenters. The van der Waals surface area contributed by atoms with Gasteiger partial charge in [-0.05, 0) is 62.8 Å². The number of amides is 1. The van der Waals surface area contributed by atoms with Crippen LogP contribution in [0.5, 0.6) is 0 Å². The molecule has 116 valence electrons. The van der Waals surface area contributed by atoms with Crippen LogP contribution in [0.3, 0.4) is 0 Å². The molecule has 1 heterocycles. The molecular formula is C18H28N2O. The van der Waals surface area contributed by atoms with E-state index in [1.54, 1.807) is 0 Å². The summed E-state index contributed by atoms with van der Waals surface area (Å²) in [5.74, 6) is 0.277. The Morgan fingerprint density at radius 2 is 2.14 bits per heavy atom. The van der Waals surface area contributed by atoms with Gasteiger partial charge in [-0.2, -0.15) is 0 Å². The fourth-order valence-electron chi connectivity index (χ4n) is 3.14. The van der Waals surface area contributed by atoms with Crippen LogP contribution in [0.1, 0.15) is 57.1 Å². The minimum absolute atomic E-state index is 0.277. The zero-order valence-electron chi connectivity index (χ0n) is 13.4. The van der Waals surface area contributed by atoms with Crippen LogP contribution in [0, 0.1) is 0 Å². The maximum absolute atomic E-state index is 12.4. The van der Waals surface area contributed by atoms with E-state index in [9.17, 15) is 4.79 Å². The Bertz CT molecular complexity index is 484. The van der Waals surface area contributed by atoms with Crippen molar-refractivity contribution in [3.8, 4) is 0 Å². The molecule has 1 aromatic rings. The Balaban J connectivity index is 2.08. The number of hydrogen-bond acceptors (Lipinski definition) is 2. The smallest absolute Gasteiger partial charge is 0.227 e. The van der Waals surface area contributed by atoms with E-state index in [4.69, 9.17) is 5.73 Å². The number of anilines is 1. The standard InChI is InChI=1S/C18H28N2O/c1-3-4-8-18(21)20-14(2)12-16-13-15(7-5-6-11-19)9-10-17(16)20/h9-10,13-14H,3-8,11-12,19H2,1-2H3. The van der Waals surface area contributed by atoms with Gasteiger partial charge in [-0.25, -0.2) is 0 Å². The van der Waals surface area contributed by atoms with E-state index in [-0.39, 0.29) is 5.91 Å². The molecule has 3 nitrogen and oxygen atoms in total. The molecule has 0 aromatic heterocycles. The molecule has 1 atom stereocenters. The minimum atomic E-state index is 0.277. The molecule has 0 fully saturated rings. The van der Waals surface area contributed by atoms with Gasteiger partial charge in [-0.1, -0.05) is 25.5 Å². The van der Waals surface area contributed by atoms with Gasteiger partial charge in [-0.15, -0.1) is 0 Å². The third-order valence-corrected chi connectivity index (χ3v) is 4.29. The van der Waals surface area contributed by atoms with E-state index in [2.05, 4.69) is 32.0 Å². The van der Waals surface area contributed by atoms with E-state index in [1.807, 2.05) is 4.90 Å². The quantitative estimate of drug-likeness (QED) is 0.781. The van der Waals surface area contributed by atoms with Crippen LogP contribution < -0.4 is 10.6 Å². The average Bonchev–Trinajstić information content (AvgIpc) is 2.80. The van der Waals surface area contributed by atoms with Crippen molar-refractivity contribution in [2.75, 3.05) is 11.4 Å². The molecule has 1 aromatic carbocycles. The normalized spacial score (nSPS) is 17.1. The van der Waals surface area contributed by atoms with E-state index < -0.39 is 0 Å². The van der Waals surface area contributed by atoms with Crippen molar-refractivity contribution in [3.05, 3.63) is 29.3 Å². The first-order valence-corrected chi connectivity index (χ1v) is 8.31. The number of carbonyl (C=O) groups excluding carboxylic acids is 1. The summed E-state index contributed by atoms with van der Waals surface area (Å²) in [6.07, 6.45) is 7.01. The molecule has 0 bridgehead atoms. The fraction of sp³-hybridized carbons (Fsp3) is 0.611. The highest BCUT2D eigenvalue weighted by Gasteiger charge is 2.30. The van der Waals surface area contributed by atoms with Gasteiger partial charge in [0, 0.05) is 18.2 Å². The number of carbonyl (C=O) groups is 1. The molecule has 21 heavy (non-hydrogen) atoms. The van der Waals surface area contributed by atoms with Crippen LogP contribution in [0.25, 0.3) is 0 Å². The highest BCUT2D eigenvalue weighted by atomic mass is 16.2. The Hall–Kier alpha value is -1.35. The van der Waals surface area contributed by atoms with Crippen molar-refractivity contribution < 1.29 is 4.79 Å². The fourth-order valence-corrected chi connectivity index (χ4v) is 3.14. The highest BCUT2D eigenvalue weighted by molar-refractivity contribution is 5.96. The number of fused-ring (bicyclic) bond motifs is 1. The van der Waals surface area contributed by atoms with Crippen LogP contribution >= 0.6 is 0 Å². The lowest BCUT2D eigenvalue weighted by Gasteiger charge is -2.22. The van der Waals surface area contributed by atoms with Gasteiger partial charge in [0.05, 0.1) is 0 Å². The summed E-state index contributed by atoms with van der Waals surface area (Å²) < 4.78 is 0. The van der Waals surface area contributed by atoms with Gasteiger partial charge in [0.25, 0.3) is 0 Å². The first kappa shape index (κ1) is 16.0.